The standard InChI is InChI=1S/C14H17N3O2/c1-18-8-2-4-10-11(6-8)17(14(15)16-10)12-7-9-3-5-13(12)19-9/h2,4,6,9,12-13H,3,5,7H2,1H3,(H2,15,16). The van der Waals surface area contributed by atoms with Crippen molar-refractivity contribution < 1.29 is 9.47 Å². The van der Waals surface area contributed by atoms with Crippen molar-refractivity contribution in [1.29, 1.82) is 0 Å². The first-order chi connectivity index (χ1) is 9.26. The molecule has 0 radical (unpaired) electrons. The summed E-state index contributed by atoms with van der Waals surface area (Å²) in [5, 5.41) is 0. The molecule has 2 bridgehead atoms. The largest absolute Gasteiger partial charge is 0.497 e. The molecule has 0 amide bonds. The number of ether oxygens (including phenoxy) is 2. The highest BCUT2D eigenvalue weighted by molar-refractivity contribution is 5.80. The van der Waals surface area contributed by atoms with E-state index in [1.165, 1.54) is 6.42 Å². The highest BCUT2D eigenvalue weighted by Crippen LogP contribution is 2.44. The summed E-state index contributed by atoms with van der Waals surface area (Å²) >= 11 is 0. The van der Waals surface area contributed by atoms with Crippen LogP contribution in [0.2, 0.25) is 0 Å². The Balaban J connectivity index is 1.86. The predicted octanol–water partition coefficient (Wildman–Crippen LogP) is 2.12. The van der Waals surface area contributed by atoms with Gasteiger partial charge in [0.15, 0.2) is 0 Å². The van der Waals surface area contributed by atoms with Crippen molar-refractivity contribution >= 4 is 17.0 Å². The molecule has 3 unspecified atom stereocenters. The van der Waals surface area contributed by atoms with Crippen LogP contribution in [0.5, 0.6) is 5.75 Å². The lowest BCUT2D eigenvalue weighted by molar-refractivity contribution is 0.0945. The van der Waals surface area contributed by atoms with Gasteiger partial charge >= 0.3 is 0 Å². The van der Waals surface area contributed by atoms with Crippen LogP contribution < -0.4 is 10.5 Å². The van der Waals surface area contributed by atoms with E-state index < -0.39 is 0 Å². The fourth-order valence-corrected chi connectivity index (χ4v) is 3.45. The lowest BCUT2D eigenvalue weighted by Crippen LogP contribution is -2.22. The molecular weight excluding hydrogens is 242 g/mol. The minimum absolute atomic E-state index is 0.288. The Morgan fingerprint density at radius 2 is 2.32 bits per heavy atom. The molecular formula is C14H17N3O2. The van der Waals surface area contributed by atoms with Gasteiger partial charge < -0.3 is 19.8 Å². The van der Waals surface area contributed by atoms with E-state index >= 15 is 0 Å². The van der Waals surface area contributed by atoms with E-state index in [2.05, 4.69) is 9.55 Å². The number of imidazole rings is 1. The van der Waals surface area contributed by atoms with Gasteiger partial charge in [0.1, 0.15) is 5.75 Å². The summed E-state index contributed by atoms with van der Waals surface area (Å²) in [6.07, 6.45) is 4.03. The number of rotatable bonds is 2. The lowest BCUT2D eigenvalue weighted by Gasteiger charge is -2.22. The topological polar surface area (TPSA) is 62.3 Å². The quantitative estimate of drug-likeness (QED) is 0.897. The summed E-state index contributed by atoms with van der Waals surface area (Å²) in [4.78, 5) is 4.45. The fraction of sp³-hybridized carbons (Fsp3) is 0.500. The van der Waals surface area contributed by atoms with Crippen molar-refractivity contribution in [2.45, 2.75) is 37.5 Å². The van der Waals surface area contributed by atoms with Crippen LogP contribution >= 0.6 is 0 Å². The highest BCUT2D eigenvalue weighted by atomic mass is 16.5. The Morgan fingerprint density at radius 1 is 1.42 bits per heavy atom. The Morgan fingerprint density at radius 3 is 3.00 bits per heavy atom. The molecule has 2 N–H and O–H groups in total. The molecule has 2 aliphatic heterocycles. The van der Waals surface area contributed by atoms with E-state index in [0.717, 1.165) is 29.6 Å². The third kappa shape index (κ3) is 1.54. The van der Waals surface area contributed by atoms with Gasteiger partial charge in [0.2, 0.25) is 5.95 Å². The molecule has 3 atom stereocenters. The maximum absolute atomic E-state index is 6.11. The number of benzene rings is 1. The van der Waals surface area contributed by atoms with Crippen LogP contribution in [0.4, 0.5) is 5.95 Å². The molecule has 2 aliphatic rings. The SMILES string of the molecule is COc1ccc2nc(N)n(C3CC4CCC3O4)c2c1. The number of aromatic nitrogens is 2. The normalized spacial score (nSPS) is 29.2. The average Bonchev–Trinajstić information content (AvgIpc) is 3.09. The Kier molecular flexibility index (Phi) is 2.26. The van der Waals surface area contributed by atoms with Crippen LogP contribution in [0.1, 0.15) is 25.3 Å². The van der Waals surface area contributed by atoms with Crippen LogP contribution in [0.15, 0.2) is 18.2 Å². The van der Waals surface area contributed by atoms with Gasteiger partial charge in [0, 0.05) is 6.07 Å². The summed E-state index contributed by atoms with van der Waals surface area (Å²) in [7, 11) is 1.67. The van der Waals surface area contributed by atoms with Gasteiger partial charge in [-0.05, 0) is 31.4 Å². The smallest absolute Gasteiger partial charge is 0.201 e. The molecule has 100 valence electrons. The van der Waals surface area contributed by atoms with Gasteiger partial charge in [-0.3, -0.25) is 0 Å². The minimum atomic E-state index is 0.288. The van der Waals surface area contributed by atoms with Crippen LogP contribution in [0.25, 0.3) is 11.0 Å². The van der Waals surface area contributed by atoms with Gasteiger partial charge in [0.05, 0.1) is 36.4 Å². The second-order valence-electron chi connectivity index (χ2n) is 5.37. The zero-order valence-electron chi connectivity index (χ0n) is 10.9. The number of hydrogen-bond donors (Lipinski definition) is 1. The number of anilines is 1. The Hall–Kier alpha value is -1.75. The molecule has 1 aromatic heterocycles. The molecule has 3 heterocycles. The molecule has 2 saturated heterocycles. The van der Waals surface area contributed by atoms with E-state index in [0.29, 0.717) is 18.1 Å². The van der Waals surface area contributed by atoms with E-state index in [1.54, 1.807) is 7.11 Å². The first-order valence-corrected chi connectivity index (χ1v) is 6.73. The molecule has 0 saturated carbocycles. The van der Waals surface area contributed by atoms with Crippen molar-refractivity contribution in [3.05, 3.63) is 18.2 Å². The van der Waals surface area contributed by atoms with E-state index in [-0.39, 0.29) is 6.10 Å². The second-order valence-corrected chi connectivity index (χ2v) is 5.37. The van der Waals surface area contributed by atoms with E-state index in [1.807, 2.05) is 18.2 Å². The number of nitrogens with zero attached hydrogens (tertiary/aromatic N) is 2. The molecule has 19 heavy (non-hydrogen) atoms. The third-order valence-corrected chi connectivity index (χ3v) is 4.33. The summed E-state index contributed by atoms with van der Waals surface area (Å²) in [6.45, 7) is 0. The number of fused-ring (bicyclic) bond motifs is 3. The minimum Gasteiger partial charge on any atom is -0.497 e. The molecule has 2 fully saturated rings. The molecule has 2 aromatic rings. The molecule has 5 nitrogen and oxygen atoms in total. The maximum Gasteiger partial charge on any atom is 0.201 e. The van der Waals surface area contributed by atoms with Gasteiger partial charge in [-0.2, -0.15) is 0 Å². The van der Waals surface area contributed by atoms with Crippen LogP contribution in [0, 0.1) is 0 Å². The lowest BCUT2D eigenvalue weighted by atomic mass is 9.95. The fourth-order valence-electron chi connectivity index (χ4n) is 3.45. The van der Waals surface area contributed by atoms with Crippen LogP contribution in [-0.2, 0) is 4.74 Å². The average molecular weight is 259 g/mol. The highest BCUT2D eigenvalue weighted by Gasteiger charge is 2.42. The molecule has 1 aromatic carbocycles. The van der Waals surface area contributed by atoms with Gasteiger partial charge in [-0.1, -0.05) is 0 Å². The molecule has 5 heteroatoms. The molecule has 0 aliphatic carbocycles. The van der Waals surface area contributed by atoms with Gasteiger partial charge in [-0.15, -0.1) is 0 Å². The second kappa shape index (κ2) is 3.87. The first-order valence-electron chi connectivity index (χ1n) is 6.73. The summed E-state index contributed by atoms with van der Waals surface area (Å²) in [6, 6.07) is 6.19. The van der Waals surface area contributed by atoms with Gasteiger partial charge in [0.25, 0.3) is 0 Å². The van der Waals surface area contributed by atoms with Crippen molar-refractivity contribution in [3.8, 4) is 5.75 Å². The van der Waals surface area contributed by atoms with Crippen molar-refractivity contribution in [1.82, 2.24) is 9.55 Å². The number of hydrogen-bond acceptors (Lipinski definition) is 4. The number of methoxy groups -OCH3 is 1. The summed E-state index contributed by atoms with van der Waals surface area (Å²) in [5.41, 5.74) is 8.07. The Bertz CT molecular complexity index is 637. The Labute approximate surface area is 111 Å². The monoisotopic (exact) mass is 259 g/mol. The summed E-state index contributed by atoms with van der Waals surface area (Å²) in [5.74, 6) is 1.40. The van der Waals surface area contributed by atoms with Gasteiger partial charge in [-0.25, -0.2) is 4.98 Å². The summed E-state index contributed by atoms with van der Waals surface area (Å²) < 4.78 is 13.4. The van der Waals surface area contributed by atoms with Crippen LogP contribution in [0.3, 0.4) is 0 Å². The maximum atomic E-state index is 6.11. The number of nitrogen functional groups attached to an aromatic ring is 1. The third-order valence-electron chi connectivity index (χ3n) is 4.33. The van der Waals surface area contributed by atoms with E-state index in [4.69, 9.17) is 15.2 Å². The van der Waals surface area contributed by atoms with E-state index in [9.17, 15) is 0 Å². The van der Waals surface area contributed by atoms with Crippen molar-refractivity contribution in [3.63, 3.8) is 0 Å². The molecule has 0 spiro atoms. The predicted molar refractivity (Wildman–Crippen MR) is 72.2 cm³/mol. The van der Waals surface area contributed by atoms with Crippen molar-refractivity contribution in [2.24, 2.45) is 0 Å². The first kappa shape index (κ1) is 11.1. The zero-order valence-corrected chi connectivity index (χ0v) is 10.9. The van der Waals surface area contributed by atoms with Crippen LogP contribution in [-0.4, -0.2) is 28.9 Å². The zero-order chi connectivity index (χ0) is 13.0. The number of nitrogens with two attached hydrogens (primary N) is 1. The van der Waals surface area contributed by atoms with Crippen molar-refractivity contribution in [2.75, 3.05) is 12.8 Å². The molecule has 4 rings (SSSR count).